The molecule has 6 heteroatoms. The highest BCUT2D eigenvalue weighted by Gasteiger charge is 2.37. The van der Waals surface area contributed by atoms with Gasteiger partial charge in [0, 0.05) is 0 Å². The third kappa shape index (κ3) is 5.78. The molecule has 0 aromatic heterocycles. The van der Waals surface area contributed by atoms with Crippen LogP contribution in [-0.4, -0.2) is 31.2 Å². The van der Waals surface area contributed by atoms with Crippen LogP contribution in [0.3, 0.4) is 0 Å². The number of anilines is 1. The number of rotatable bonds is 10. The van der Waals surface area contributed by atoms with Crippen molar-refractivity contribution >= 4 is 29.3 Å². The van der Waals surface area contributed by atoms with Crippen molar-refractivity contribution in [1.29, 1.82) is 0 Å². The minimum Gasteiger partial charge on any atom is -0.495 e. The topological polar surface area (TPSA) is 67.4 Å². The lowest BCUT2D eigenvalue weighted by molar-refractivity contribution is -0.122. The van der Waals surface area contributed by atoms with Crippen molar-refractivity contribution in [3.8, 4) is 5.75 Å². The van der Waals surface area contributed by atoms with Crippen LogP contribution in [0.4, 0.5) is 5.69 Å². The van der Waals surface area contributed by atoms with E-state index in [1.54, 1.807) is 19.2 Å². The van der Waals surface area contributed by atoms with E-state index < -0.39 is 4.75 Å². The summed E-state index contributed by atoms with van der Waals surface area (Å²) in [6.45, 7) is -0.132. The summed E-state index contributed by atoms with van der Waals surface area (Å²) >= 11 is 1.53. The van der Waals surface area contributed by atoms with Crippen molar-refractivity contribution in [3.63, 3.8) is 0 Å². The van der Waals surface area contributed by atoms with Crippen LogP contribution in [0.15, 0.2) is 115 Å². The smallest absolute Gasteiger partial charge is 0.243 e. The number of carbonyl (C=O) groups is 2. The number of thioether (sulfide) groups is 1. The summed E-state index contributed by atoms with van der Waals surface area (Å²) in [6, 6.07) is 37.7. The number of carbonyl (C=O) groups excluding carboxylic acids is 2. The first-order chi connectivity index (χ1) is 17.6. The zero-order valence-electron chi connectivity index (χ0n) is 20.0. The molecule has 182 valence electrons. The summed E-state index contributed by atoms with van der Waals surface area (Å²) in [5.41, 5.74) is 3.79. The lowest BCUT2D eigenvalue weighted by Gasteiger charge is -2.35. The van der Waals surface area contributed by atoms with Crippen molar-refractivity contribution in [3.05, 3.63) is 132 Å². The molecule has 0 fully saturated rings. The van der Waals surface area contributed by atoms with E-state index in [9.17, 15) is 9.59 Å². The van der Waals surface area contributed by atoms with Crippen molar-refractivity contribution < 1.29 is 14.3 Å². The second-order valence-electron chi connectivity index (χ2n) is 8.09. The fourth-order valence-electron chi connectivity index (χ4n) is 4.11. The molecule has 0 unspecified atom stereocenters. The Balaban J connectivity index is 1.52. The molecular weight excluding hydrogens is 468 g/mol. The van der Waals surface area contributed by atoms with Crippen LogP contribution in [-0.2, 0) is 14.3 Å². The van der Waals surface area contributed by atoms with Crippen LogP contribution in [0.25, 0.3) is 0 Å². The fourth-order valence-corrected chi connectivity index (χ4v) is 5.47. The Morgan fingerprint density at radius 2 is 1.17 bits per heavy atom. The standard InChI is InChI=1S/C30H28N2O3S/c1-35-27-20-12-11-19-26(27)32-28(33)21-31-29(34)22-36-30(23-13-5-2-6-14-23,24-15-7-3-8-16-24)25-17-9-4-10-18-25/h2-20H,21-22H2,1H3,(H,31,34)(H,32,33). The van der Waals surface area contributed by atoms with E-state index >= 15 is 0 Å². The van der Waals surface area contributed by atoms with E-state index in [1.807, 2.05) is 66.7 Å². The molecule has 4 aromatic rings. The van der Waals surface area contributed by atoms with Crippen LogP contribution in [0, 0.1) is 0 Å². The Kier molecular flexibility index (Phi) is 8.42. The zero-order valence-corrected chi connectivity index (χ0v) is 20.8. The first kappa shape index (κ1) is 25.1. The first-order valence-electron chi connectivity index (χ1n) is 11.6. The van der Waals surface area contributed by atoms with Gasteiger partial charge in [-0.15, -0.1) is 11.8 Å². The van der Waals surface area contributed by atoms with Crippen molar-refractivity contribution in [1.82, 2.24) is 5.32 Å². The molecule has 4 aromatic carbocycles. The van der Waals surface area contributed by atoms with E-state index in [-0.39, 0.29) is 24.1 Å². The highest BCUT2D eigenvalue weighted by molar-refractivity contribution is 8.01. The number of amides is 2. The fraction of sp³-hybridized carbons (Fsp3) is 0.133. The number of methoxy groups -OCH3 is 1. The van der Waals surface area contributed by atoms with Crippen LogP contribution in [0.1, 0.15) is 16.7 Å². The van der Waals surface area contributed by atoms with Gasteiger partial charge in [0.1, 0.15) is 5.75 Å². The van der Waals surface area contributed by atoms with Gasteiger partial charge < -0.3 is 15.4 Å². The van der Waals surface area contributed by atoms with Gasteiger partial charge in [-0.3, -0.25) is 9.59 Å². The maximum absolute atomic E-state index is 12.9. The van der Waals surface area contributed by atoms with Crippen molar-refractivity contribution in [2.24, 2.45) is 0 Å². The van der Waals surface area contributed by atoms with Crippen LogP contribution >= 0.6 is 11.8 Å². The second-order valence-corrected chi connectivity index (χ2v) is 9.28. The second kappa shape index (κ2) is 12.1. The summed E-state index contributed by atoms with van der Waals surface area (Å²) in [4.78, 5) is 25.4. The maximum atomic E-state index is 12.9. The minimum absolute atomic E-state index is 0.132. The Bertz CT molecular complexity index is 1180. The van der Waals surface area contributed by atoms with Crippen LogP contribution in [0.5, 0.6) is 5.75 Å². The van der Waals surface area contributed by atoms with Gasteiger partial charge in [-0.05, 0) is 28.8 Å². The zero-order chi connectivity index (χ0) is 25.2. The molecule has 0 saturated carbocycles. The van der Waals surface area contributed by atoms with Crippen molar-refractivity contribution in [2.75, 3.05) is 24.7 Å². The normalized spacial score (nSPS) is 10.9. The highest BCUT2D eigenvalue weighted by Crippen LogP contribution is 2.48. The summed E-state index contributed by atoms with van der Waals surface area (Å²) < 4.78 is 4.67. The molecule has 0 bridgehead atoms. The van der Waals surface area contributed by atoms with Crippen LogP contribution < -0.4 is 15.4 Å². The van der Waals surface area contributed by atoms with E-state index in [2.05, 4.69) is 47.0 Å². The summed E-state index contributed by atoms with van der Waals surface area (Å²) in [7, 11) is 1.54. The molecule has 2 amide bonds. The number of ether oxygens (including phenoxy) is 1. The van der Waals surface area contributed by atoms with Gasteiger partial charge in [0.15, 0.2) is 0 Å². The number of hydrogen-bond acceptors (Lipinski definition) is 4. The van der Waals surface area contributed by atoms with E-state index in [1.165, 1.54) is 11.8 Å². The van der Waals surface area contributed by atoms with Crippen LogP contribution in [0.2, 0.25) is 0 Å². The third-order valence-electron chi connectivity index (χ3n) is 5.79. The van der Waals surface area contributed by atoms with Gasteiger partial charge in [-0.25, -0.2) is 0 Å². The number of nitrogens with one attached hydrogen (secondary N) is 2. The Morgan fingerprint density at radius 1 is 0.694 bits per heavy atom. The van der Waals surface area contributed by atoms with Gasteiger partial charge in [0.2, 0.25) is 11.8 Å². The van der Waals surface area contributed by atoms with E-state index in [4.69, 9.17) is 4.74 Å². The predicted octanol–water partition coefficient (Wildman–Crippen LogP) is 5.48. The Morgan fingerprint density at radius 3 is 1.67 bits per heavy atom. The molecule has 0 atom stereocenters. The molecule has 0 aliphatic carbocycles. The molecule has 0 heterocycles. The Hall–Kier alpha value is -4.03. The average molecular weight is 497 g/mol. The summed E-state index contributed by atoms with van der Waals surface area (Å²) in [6.07, 6.45) is 0. The largest absolute Gasteiger partial charge is 0.495 e. The first-order valence-corrected chi connectivity index (χ1v) is 12.6. The SMILES string of the molecule is COc1ccccc1NC(=O)CNC(=O)CSC(c1ccccc1)(c1ccccc1)c1ccccc1. The van der Waals surface area contributed by atoms with Gasteiger partial charge in [-0.2, -0.15) is 0 Å². The molecule has 4 rings (SSSR count). The monoisotopic (exact) mass is 496 g/mol. The Labute approximate surface area is 215 Å². The summed E-state index contributed by atoms with van der Waals surface area (Å²) in [5, 5.41) is 5.54. The number of benzene rings is 4. The molecule has 2 N–H and O–H groups in total. The minimum atomic E-state index is -0.596. The molecule has 0 spiro atoms. The molecule has 5 nitrogen and oxygen atoms in total. The maximum Gasteiger partial charge on any atom is 0.243 e. The molecule has 36 heavy (non-hydrogen) atoms. The van der Waals surface area contributed by atoms with E-state index in [0.717, 1.165) is 16.7 Å². The highest BCUT2D eigenvalue weighted by atomic mass is 32.2. The third-order valence-corrected chi connectivity index (χ3v) is 7.33. The van der Waals surface area contributed by atoms with Gasteiger partial charge in [-0.1, -0.05) is 103 Å². The summed E-state index contributed by atoms with van der Waals surface area (Å²) in [5.74, 6) is 0.187. The predicted molar refractivity (Wildman–Crippen MR) is 146 cm³/mol. The number of para-hydroxylation sites is 2. The number of hydrogen-bond donors (Lipinski definition) is 2. The van der Waals surface area contributed by atoms with Gasteiger partial charge in [0.05, 0.1) is 29.8 Å². The van der Waals surface area contributed by atoms with Crippen molar-refractivity contribution in [2.45, 2.75) is 4.75 Å². The average Bonchev–Trinajstić information content (AvgIpc) is 2.94. The molecule has 0 aliphatic heterocycles. The lowest BCUT2D eigenvalue weighted by atomic mass is 9.84. The lowest BCUT2D eigenvalue weighted by Crippen LogP contribution is -2.35. The molecule has 0 saturated heterocycles. The van der Waals surface area contributed by atoms with Gasteiger partial charge >= 0.3 is 0 Å². The molecule has 0 radical (unpaired) electrons. The molecular formula is C30H28N2O3S. The quantitative estimate of drug-likeness (QED) is 0.286. The van der Waals surface area contributed by atoms with E-state index in [0.29, 0.717) is 11.4 Å². The molecule has 0 aliphatic rings. The van der Waals surface area contributed by atoms with Gasteiger partial charge in [0.25, 0.3) is 0 Å².